The van der Waals surface area contributed by atoms with Crippen molar-refractivity contribution in [3.8, 4) is 0 Å². The Balaban J connectivity index is 2.39. The van der Waals surface area contributed by atoms with Gasteiger partial charge in [0, 0.05) is 10.7 Å². The first-order valence-electron chi connectivity index (χ1n) is 6.50. The van der Waals surface area contributed by atoms with Crippen LogP contribution >= 0.6 is 67.8 Å². The average molecular weight is 659 g/mol. The molecule has 0 spiro atoms. The molecule has 0 saturated carbocycles. The van der Waals surface area contributed by atoms with Crippen LogP contribution in [-0.4, -0.2) is 13.0 Å². The van der Waals surface area contributed by atoms with Crippen LogP contribution in [0.25, 0.3) is 32.3 Å². The molecule has 0 radical (unpaired) electrons. The Morgan fingerprint density at radius 1 is 0.783 bits per heavy atom. The van der Waals surface area contributed by atoms with Gasteiger partial charge in [0.1, 0.15) is 10.1 Å². The summed E-state index contributed by atoms with van der Waals surface area (Å²) in [7, 11) is -4.53. The Hall–Kier alpha value is 0.0200. The van der Waals surface area contributed by atoms with Crippen molar-refractivity contribution in [2.24, 2.45) is 0 Å². The zero-order chi connectivity index (χ0) is 16.5. The molecule has 0 amide bonds. The molecule has 4 aromatic carbocycles. The Morgan fingerprint density at radius 3 is 1.70 bits per heavy atom. The maximum absolute atomic E-state index is 11.7. The Labute approximate surface area is 173 Å². The van der Waals surface area contributed by atoms with Gasteiger partial charge in [0.05, 0.1) is 4.90 Å². The summed E-state index contributed by atoms with van der Waals surface area (Å²) >= 11 is 6.24. The van der Waals surface area contributed by atoms with Crippen LogP contribution in [0.3, 0.4) is 0 Å². The fraction of sp³-hybridized carbons (Fsp3) is 0. The molecular formula is C16H6I3O3S-. The third-order valence-corrected chi connectivity index (χ3v) is 8.44. The second-order valence-corrected chi connectivity index (χ2v) is 9.96. The molecule has 3 nitrogen and oxygen atoms in total. The first-order valence-corrected chi connectivity index (χ1v) is 11.1. The van der Waals surface area contributed by atoms with Crippen molar-refractivity contribution in [2.75, 3.05) is 0 Å². The van der Waals surface area contributed by atoms with Gasteiger partial charge < -0.3 is 4.55 Å². The Bertz CT molecular complexity index is 1140. The van der Waals surface area contributed by atoms with Crippen LogP contribution in [-0.2, 0) is 10.1 Å². The minimum Gasteiger partial charge on any atom is -0.744 e. The van der Waals surface area contributed by atoms with Crippen molar-refractivity contribution in [1.29, 1.82) is 0 Å². The number of hydrogen-bond acceptors (Lipinski definition) is 3. The fourth-order valence-electron chi connectivity index (χ4n) is 3.05. The van der Waals surface area contributed by atoms with Crippen LogP contribution in [0.4, 0.5) is 0 Å². The normalized spacial score (nSPS) is 12.7. The molecule has 0 N–H and O–H groups in total. The van der Waals surface area contributed by atoms with Crippen molar-refractivity contribution >= 4 is 110 Å². The van der Waals surface area contributed by atoms with Crippen molar-refractivity contribution in [1.82, 2.24) is 0 Å². The van der Waals surface area contributed by atoms with Gasteiger partial charge in [-0.1, -0.05) is 24.3 Å². The lowest BCUT2D eigenvalue weighted by Gasteiger charge is -2.19. The molecule has 0 bridgehead atoms. The molecule has 23 heavy (non-hydrogen) atoms. The second kappa shape index (κ2) is 5.51. The summed E-state index contributed by atoms with van der Waals surface area (Å²) in [6.45, 7) is 0. The number of benzene rings is 4. The molecule has 0 unspecified atom stereocenters. The third-order valence-electron chi connectivity index (χ3n) is 3.93. The van der Waals surface area contributed by atoms with Crippen LogP contribution in [0, 0.1) is 10.7 Å². The van der Waals surface area contributed by atoms with E-state index < -0.39 is 10.1 Å². The van der Waals surface area contributed by atoms with E-state index in [1.165, 1.54) is 0 Å². The van der Waals surface area contributed by atoms with E-state index in [4.69, 9.17) is 0 Å². The molecule has 0 saturated heterocycles. The predicted molar refractivity (Wildman–Crippen MR) is 116 cm³/mol. The van der Waals surface area contributed by atoms with Crippen LogP contribution in [0.5, 0.6) is 0 Å². The zero-order valence-corrected chi connectivity index (χ0v) is 18.5. The van der Waals surface area contributed by atoms with E-state index in [1.807, 2.05) is 69.4 Å². The number of rotatable bonds is 1. The first-order chi connectivity index (χ1) is 10.8. The van der Waals surface area contributed by atoms with Gasteiger partial charge in [-0.25, -0.2) is 8.42 Å². The maximum Gasteiger partial charge on any atom is 0.126 e. The molecule has 0 aliphatic carbocycles. The van der Waals surface area contributed by atoms with E-state index in [2.05, 4.69) is 34.7 Å². The lowest BCUT2D eigenvalue weighted by molar-refractivity contribution is 0.462. The topological polar surface area (TPSA) is 57.2 Å². The van der Waals surface area contributed by atoms with Crippen molar-refractivity contribution in [2.45, 2.75) is 4.90 Å². The van der Waals surface area contributed by atoms with Gasteiger partial charge in [-0.05, 0) is 112 Å². The predicted octanol–water partition coefficient (Wildman–Crippen LogP) is 5.30. The van der Waals surface area contributed by atoms with E-state index >= 15 is 0 Å². The van der Waals surface area contributed by atoms with E-state index in [0.29, 0.717) is 7.14 Å². The van der Waals surface area contributed by atoms with E-state index in [0.717, 1.165) is 35.9 Å². The third kappa shape index (κ3) is 2.45. The van der Waals surface area contributed by atoms with Crippen molar-refractivity contribution < 1.29 is 13.0 Å². The summed E-state index contributed by atoms with van der Waals surface area (Å²) in [5.41, 5.74) is 0. The van der Waals surface area contributed by atoms with Gasteiger partial charge in [0.15, 0.2) is 0 Å². The van der Waals surface area contributed by atoms with Crippen LogP contribution in [0.1, 0.15) is 0 Å². The van der Waals surface area contributed by atoms with Crippen molar-refractivity contribution in [3.05, 3.63) is 47.1 Å². The molecule has 0 aliphatic heterocycles. The van der Waals surface area contributed by atoms with E-state index in [9.17, 15) is 13.0 Å². The highest BCUT2D eigenvalue weighted by molar-refractivity contribution is 14.1. The quantitative estimate of drug-likeness (QED) is 0.159. The molecule has 4 rings (SSSR count). The zero-order valence-electron chi connectivity index (χ0n) is 11.2. The smallest absolute Gasteiger partial charge is 0.126 e. The summed E-state index contributed by atoms with van der Waals surface area (Å²) in [5, 5.41) is 6.01. The molecule has 0 fully saturated rings. The van der Waals surface area contributed by atoms with E-state index in [1.54, 1.807) is 0 Å². The molecule has 0 aromatic heterocycles. The first kappa shape index (κ1) is 16.5. The minimum absolute atomic E-state index is 0.112. The highest BCUT2D eigenvalue weighted by atomic mass is 127. The minimum atomic E-state index is -4.53. The van der Waals surface area contributed by atoms with Crippen LogP contribution in [0.15, 0.2) is 41.3 Å². The Morgan fingerprint density at radius 2 is 1.26 bits per heavy atom. The van der Waals surface area contributed by atoms with Crippen LogP contribution < -0.4 is 0 Å². The summed E-state index contributed by atoms with van der Waals surface area (Å²) in [5.74, 6) is 0. The Kier molecular flexibility index (Phi) is 3.95. The monoisotopic (exact) mass is 659 g/mol. The summed E-state index contributed by atoms with van der Waals surface area (Å²) in [4.78, 5) is -0.112. The van der Waals surface area contributed by atoms with Gasteiger partial charge in [0.25, 0.3) is 0 Å². The standard InChI is InChI=1S/C16H7I3O3S/c17-9-5-7-1-3-10-13-11(4-2-8(6-9)12(7)13)15(19)16(14(10)18)23(20,21)22/h1-6H,(H,20,21,22)/p-1. The number of hydrogen-bond donors (Lipinski definition) is 0. The average Bonchev–Trinajstić information content (AvgIpc) is 2.45. The molecule has 0 atom stereocenters. The van der Waals surface area contributed by atoms with Gasteiger partial charge in [-0.15, -0.1) is 0 Å². The van der Waals surface area contributed by atoms with E-state index in [-0.39, 0.29) is 4.90 Å². The lowest BCUT2D eigenvalue weighted by atomic mass is 9.94. The van der Waals surface area contributed by atoms with Gasteiger partial charge in [0.2, 0.25) is 0 Å². The molecule has 0 aliphatic rings. The molecule has 7 heteroatoms. The summed E-state index contributed by atoms with van der Waals surface area (Å²) in [6, 6.07) is 12.0. The lowest BCUT2D eigenvalue weighted by Crippen LogP contribution is -2.06. The van der Waals surface area contributed by atoms with Gasteiger partial charge in [-0.3, -0.25) is 0 Å². The summed E-state index contributed by atoms with van der Waals surface area (Å²) < 4.78 is 37.3. The SMILES string of the molecule is O=S(=O)([O-])c1c(I)c2ccc3cc(I)cc4ccc(c1I)c2c34. The molecular weight excluding hydrogens is 653 g/mol. The van der Waals surface area contributed by atoms with Crippen molar-refractivity contribution in [3.63, 3.8) is 0 Å². The van der Waals surface area contributed by atoms with Gasteiger partial charge in [-0.2, -0.15) is 0 Å². The molecule has 4 aromatic rings. The number of halogens is 3. The summed E-state index contributed by atoms with van der Waals surface area (Å²) in [6.07, 6.45) is 0. The largest absolute Gasteiger partial charge is 0.744 e. The highest BCUT2D eigenvalue weighted by Crippen LogP contribution is 2.42. The highest BCUT2D eigenvalue weighted by Gasteiger charge is 2.21. The molecule has 0 heterocycles. The van der Waals surface area contributed by atoms with Crippen LogP contribution in [0.2, 0.25) is 0 Å². The fourth-order valence-corrected chi connectivity index (χ4v) is 7.96. The molecule has 116 valence electrons. The van der Waals surface area contributed by atoms with Gasteiger partial charge >= 0.3 is 0 Å². The maximum atomic E-state index is 11.7. The second-order valence-electron chi connectivity index (χ2n) is 5.24.